The fourth-order valence-corrected chi connectivity index (χ4v) is 1.36. The van der Waals surface area contributed by atoms with Crippen LogP contribution in [-0.2, 0) is 0 Å². The summed E-state index contributed by atoms with van der Waals surface area (Å²) < 4.78 is 5.56. The van der Waals surface area contributed by atoms with Gasteiger partial charge in [-0.15, -0.1) is 0 Å². The van der Waals surface area contributed by atoms with Crippen molar-refractivity contribution in [3.05, 3.63) is 29.3 Å². The molecule has 2 N–H and O–H groups in total. The summed E-state index contributed by atoms with van der Waals surface area (Å²) in [7, 11) is 0. The van der Waals surface area contributed by atoms with Crippen molar-refractivity contribution in [2.75, 3.05) is 0 Å². The van der Waals surface area contributed by atoms with Crippen molar-refractivity contribution in [3.63, 3.8) is 0 Å². The van der Waals surface area contributed by atoms with Gasteiger partial charge in [0, 0.05) is 5.02 Å². The molecule has 0 saturated heterocycles. The maximum atomic E-state index is 5.74. The molecule has 1 atom stereocenters. The van der Waals surface area contributed by atoms with Gasteiger partial charge in [-0.3, -0.25) is 0 Å². The minimum Gasteiger partial charge on any atom is -0.483 e. The summed E-state index contributed by atoms with van der Waals surface area (Å²) in [6.45, 7) is 1.97. The second kappa shape index (κ2) is 5.17. The summed E-state index contributed by atoms with van der Waals surface area (Å²) in [6.07, 6.45) is 0.559. The second-order valence-corrected chi connectivity index (χ2v) is 3.78. The maximum absolute atomic E-state index is 5.74. The smallest absolute Gasteiger partial charge is 0.148 e. The monoisotopic (exact) mass is 229 g/mol. The highest BCUT2D eigenvalue weighted by Crippen LogP contribution is 2.17. The van der Waals surface area contributed by atoms with Crippen molar-refractivity contribution < 1.29 is 4.74 Å². The van der Waals surface area contributed by atoms with Crippen LogP contribution >= 0.6 is 23.8 Å². The molecule has 14 heavy (non-hydrogen) atoms. The van der Waals surface area contributed by atoms with Gasteiger partial charge in [-0.25, -0.2) is 0 Å². The Morgan fingerprint density at radius 1 is 1.50 bits per heavy atom. The van der Waals surface area contributed by atoms with E-state index in [0.717, 1.165) is 12.2 Å². The van der Waals surface area contributed by atoms with Crippen LogP contribution in [0.1, 0.15) is 13.3 Å². The molecule has 0 amide bonds. The second-order valence-electron chi connectivity index (χ2n) is 2.87. The average Bonchev–Trinajstić information content (AvgIpc) is 2.16. The van der Waals surface area contributed by atoms with Gasteiger partial charge in [0.15, 0.2) is 0 Å². The molecule has 0 aliphatic rings. The SMILES string of the molecule is CCC(Oc1ccc(Cl)cc1)C(N)=S. The first-order valence-electron chi connectivity index (χ1n) is 4.35. The highest BCUT2D eigenvalue weighted by atomic mass is 35.5. The van der Waals surface area contributed by atoms with E-state index in [0.29, 0.717) is 10.0 Å². The Hall–Kier alpha value is -0.800. The first-order valence-corrected chi connectivity index (χ1v) is 5.13. The maximum Gasteiger partial charge on any atom is 0.148 e. The number of halogens is 1. The molecule has 2 nitrogen and oxygen atoms in total. The molecule has 1 aromatic rings. The number of rotatable bonds is 4. The number of hydrogen-bond donors (Lipinski definition) is 1. The van der Waals surface area contributed by atoms with Gasteiger partial charge in [0.1, 0.15) is 16.8 Å². The molecule has 0 spiro atoms. The third-order valence-corrected chi connectivity index (χ3v) is 2.29. The van der Waals surface area contributed by atoms with E-state index in [2.05, 4.69) is 0 Å². The Labute approximate surface area is 94.0 Å². The van der Waals surface area contributed by atoms with Crippen molar-refractivity contribution in [1.29, 1.82) is 0 Å². The van der Waals surface area contributed by atoms with E-state index in [9.17, 15) is 0 Å². The zero-order valence-corrected chi connectivity index (χ0v) is 9.44. The third kappa shape index (κ3) is 3.16. The summed E-state index contributed by atoms with van der Waals surface area (Å²) >= 11 is 10.6. The molecule has 0 bridgehead atoms. The Balaban J connectivity index is 2.67. The average molecular weight is 230 g/mol. The van der Waals surface area contributed by atoms with Gasteiger partial charge in [-0.2, -0.15) is 0 Å². The molecule has 0 heterocycles. The molecule has 0 radical (unpaired) electrons. The van der Waals surface area contributed by atoms with E-state index in [4.69, 9.17) is 34.3 Å². The standard InChI is InChI=1S/C10H12ClNOS/c1-2-9(10(12)14)13-8-5-3-7(11)4-6-8/h3-6,9H,2H2,1H3,(H2,12,14). The summed E-state index contributed by atoms with van der Waals surface area (Å²) in [4.78, 5) is 0.377. The zero-order chi connectivity index (χ0) is 10.6. The topological polar surface area (TPSA) is 35.2 Å². The van der Waals surface area contributed by atoms with Crippen LogP contribution in [0.25, 0.3) is 0 Å². The van der Waals surface area contributed by atoms with Crippen LogP contribution in [0.3, 0.4) is 0 Å². The van der Waals surface area contributed by atoms with Crippen LogP contribution in [-0.4, -0.2) is 11.1 Å². The summed E-state index contributed by atoms with van der Waals surface area (Å²) in [5, 5.41) is 0.681. The molecule has 1 rings (SSSR count). The van der Waals surface area contributed by atoms with E-state index in [1.165, 1.54) is 0 Å². The lowest BCUT2D eigenvalue weighted by Gasteiger charge is -2.15. The van der Waals surface area contributed by atoms with Crippen molar-refractivity contribution in [3.8, 4) is 5.75 Å². The molecule has 0 aliphatic carbocycles. The third-order valence-electron chi connectivity index (χ3n) is 1.78. The molecular weight excluding hydrogens is 218 g/mol. The Bertz CT molecular complexity index is 312. The molecule has 4 heteroatoms. The number of nitrogens with two attached hydrogens (primary N) is 1. The Morgan fingerprint density at radius 2 is 2.07 bits per heavy atom. The fraction of sp³-hybridized carbons (Fsp3) is 0.300. The Morgan fingerprint density at radius 3 is 2.50 bits per heavy atom. The van der Waals surface area contributed by atoms with Crippen LogP contribution < -0.4 is 10.5 Å². The Kier molecular flexibility index (Phi) is 4.17. The number of thiocarbonyl (C=S) groups is 1. The molecule has 1 aromatic carbocycles. The van der Waals surface area contributed by atoms with Crippen molar-refractivity contribution in [1.82, 2.24) is 0 Å². The van der Waals surface area contributed by atoms with Gasteiger partial charge >= 0.3 is 0 Å². The highest BCUT2D eigenvalue weighted by Gasteiger charge is 2.10. The van der Waals surface area contributed by atoms with Gasteiger partial charge < -0.3 is 10.5 Å². The van der Waals surface area contributed by atoms with E-state index in [1.807, 2.05) is 6.92 Å². The molecule has 1 unspecified atom stereocenters. The first-order chi connectivity index (χ1) is 6.63. The molecule has 0 aliphatic heterocycles. The molecule has 0 fully saturated rings. The van der Waals surface area contributed by atoms with Crippen LogP contribution in [0, 0.1) is 0 Å². The predicted molar refractivity (Wildman–Crippen MR) is 62.9 cm³/mol. The lowest BCUT2D eigenvalue weighted by Crippen LogP contribution is -2.31. The highest BCUT2D eigenvalue weighted by molar-refractivity contribution is 7.80. The van der Waals surface area contributed by atoms with Gasteiger partial charge in [-0.1, -0.05) is 30.7 Å². The number of ether oxygens (including phenoxy) is 1. The van der Waals surface area contributed by atoms with E-state index in [1.54, 1.807) is 24.3 Å². The minimum absolute atomic E-state index is 0.203. The lowest BCUT2D eigenvalue weighted by molar-refractivity contribution is 0.264. The van der Waals surface area contributed by atoms with Crippen LogP contribution in [0.5, 0.6) is 5.75 Å². The van der Waals surface area contributed by atoms with E-state index >= 15 is 0 Å². The van der Waals surface area contributed by atoms with Gasteiger partial charge in [-0.05, 0) is 30.7 Å². The van der Waals surface area contributed by atoms with E-state index in [-0.39, 0.29) is 6.10 Å². The summed E-state index contributed by atoms with van der Waals surface area (Å²) in [6, 6.07) is 7.12. The van der Waals surface area contributed by atoms with Gasteiger partial charge in [0.25, 0.3) is 0 Å². The van der Waals surface area contributed by atoms with Gasteiger partial charge in [0.2, 0.25) is 0 Å². The molecule has 0 aromatic heterocycles. The summed E-state index contributed by atoms with van der Waals surface area (Å²) in [5.74, 6) is 0.731. The fourth-order valence-electron chi connectivity index (χ4n) is 1.02. The van der Waals surface area contributed by atoms with Crippen LogP contribution in [0.4, 0.5) is 0 Å². The predicted octanol–water partition coefficient (Wildman–Crippen LogP) is 2.78. The van der Waals surface area contributed by atoms with E-state index < -0.39 is 0 Å². The first kappa shape index (κ1) is 11.3. The largest absolute Gasteiger partial charge is 0.483 e. The molecule has 0 saturated carbocycles. The lowest BCUT2D eigenvalue weighted by atomic mass is 10.2. The number of benzene rings is 1. The van der Waals surface area contributed by atoms with Crippen LogP contribution in [0.2, 0.25) is 5.02 Å². The molecular formula is C10H12ClNOS. The summed E-state index contributed by atoms with van der Waals surface area (Å²) in [5.41, 5.74) is 5.51. The zero-order valence-electron chi connectivity index (χ0n) is 7.87. The van der Waals surface area contributed by atoms with Crippen LogP contribution in [0.15, 0.2) is 24.3 Å². The van der Waals surface area contributed by atoms with Gasteiger partial charge in [0.05, 0.1) is 0 Å². The number of hydrogen-bond acceptors (Lipinski definition) is 2. The van der Waals surface area contributed by atoms with Crippen molar-refractivity contribution in [2.24, 2.45) is 5.73 Å². The molecule has 76 valence electrons. The van der Waals surface area contributed by atoms with Crippen molar-refractivity contribution >= 4 is 28.8 Å². The van der Waals surface area contributed by atoms with Crippen molar-refractivity contribution in [2.45, 2.75) is 19.4 Å². The quantitative estimate of drug-likeness (QED) is 0.807. The normalized spacial score (nSPS) is 12.1. The minimum atomic E-state index is -0.203.